The lowest BCUT2D eigenvalue weighted by atomic mass is 9.92. The SMILES string of the molecule is C=CCNCC(=O)C(CCC)NC(=O)[C@@H]1[C@H]2CCC[C@H]2CN1C(=O)[C@@H](NC(N)=O)C1Cc2ccccc2C1. The molecule has 1 aromatic rings. The highest BCUT2D eigenvalue weighted by Gasteiger charge is 2.51. The lowest BCUT2D eigenvalue weighted by Gasteiger charge is -2.33. The molecule has 3 aliphatic rings. The number of hydrogen-bond acceptors (Lipinski definition) is 5. The molecule has 5 atom stereocenters. The van der Waals surface area contributed by atoms with Crippen LogP contribution in [0.15, 0.2) is 36.9 Å². The van der Waals surface area contributed by atoms with Crippen molar-refractivity contribution in [2.75, 3.05) is 19.6 Å². The van der Waals surface area contributed by atoms with Crippen LogP contribution in [0.3, 0.4) is 0 Å². The van der Waals surface area contributed by atoms with Crippen molar-refractivity contribution < 1.29 is 19.2 Å². The molecule has 38 heavy (non-hydrogen) atoms. The molecule has 0 spiro atoms. The number of likely N-dealkylation sites (tertiary alicyclic amines) is 1. The van der Waals surface area contributed by atoms with Gasteiger partial charge in [0, 0.05) is 13.1 Å². The molecule has 5 N–H and O–H groups in total. The first-order valence-electron chi connectivity index (χ1n) is 13.9. The Morgan fingerprint density at radius 2 is 1.84 bits per heavy atom. The molecule has 1 saturated carbocycles. The Morgan fingerprint density at radius 3 is 2.47 bits per heavy atom. The molecule has 0 aromatic heterocycles. The number of primary amides is 1. The van der Waals surface area contributed by atoms with Gasteiger partial charge in [0.15, 0.2) is 5.78 Å². The number of benzene rings is 1. The third-order valence-corrected chi connectivity index (χ3v) is 8.43. The summed E-state index contributed by atoms with van der Waals surface area (Å²) in [6.07, 6.45) is 7.12. The molecule has 9 heteroatoms. The molecule has 1 heterocycles. The van der Waals surface area contributed by atoms with Crippen LogP contribution in [0.5, 0.6) is 0 Å². The van der Waals surface area contributed by atoms with E-state index in [1.165, 1.54) is 11.1 Å². The predicted octanol–water partition coefficient (Wildman–Crippen LogP) is 1.70. The van der Waals surface area contributed by atoms with E-state index in [9.17, 15) is 19.2 Å². The standard InChI is InChI=1S/C29H41N5O4/c1-3-8-23(24(35)16-31-13-4-2)32-27(36)26-22-12-7-11-20(22)17-34(26)28(37)25(33-29(30)38)21-14-18-9-5-6-10-19(18)15-21/h4-6,9-10,20-23,25-26,31H,2-3,7-8,11-17H2,1H3,(H,32,36)(H3,30,33,38)/t20-,22-,23?,25-,26-/m0/s1. The van der Waals surface area contributed by atoms with Gasteiger partial charge in [0.1, 0.15) is 12.1 Å². The van der Waals surface area contributed by atoms with Crippen molar-refractivity contribution in [2.24, 2.45) is 23.5 Å². The van der Waals surface area contributed by atoms with Crippen LogP contribution in [-0.2, 0) is 27.2 Å². The molecular weight excluding hydrogens is 482 g/mol. The number of nitrogens with zero attached hydrogens (tertiary/aromatic N) is 1. The predicted molar refractivity (Wildman–Crippen MR) is 145 cm³/mol. The summed E-state index contributed by atoms with van der Waals surface area (Å²) >= 11 is 0. The Morgan fingerprint density at radius 1 is 1.13 bits per heavy atom. The van der Waals surface area contributed by atoms with E-state index in [2.05, 4.69) is 22.5 Å². The summed E-state index contributed by atoms with van der Waals surface area (Å²) in [4.78, 5) is 54.3. The van der Waals surface area contributed by atoms with Gasteiger partial charge < -0.3 is 26.6 Å². The zero-order chi connectivity index (χ0) is 27.2. The van der Waals surface area contributed by atoms with Gasteiger partial charge in [-0.05, 0) is 61.0 Å². The second-order valence-corrected chi connectivity index (χ2v) is 10.9. The highest BCUT2D eigenvalue weighted by molar-refractivity contribution is 5.95. The number of urea groups is 1. The Kier molecular flexibility index (Phi) is 9.20. The molecule has 9 nitrogen and oxygen atoms in total. The first-order valence-corrected chi connectivity index (χ1v) is 13.9. The number of Topliss-reactive ketones (excluding diaryl/α,β-unsaturated/α-hetero) is 1. The van der Waals surface area contributed by atoms with E-state index in [0.717, 1.165) is 25.7 Å². The number of fused-ring (bicyclic) bond motifs is 2. The van der Waals surface area contributed by atoms with Gasteiger partial charge in [-0.25, -0.2) is 4.79 Å². The molecule has 4 rings (SSSR count). The van der Waals surface area contributed by atoms with Gasteiger partial charge in [-0.2, -0.15) is 0 Å². The fraction of sp³-hybridized carbons (Fsp3) is 0.586. The maximum atomic E-state index is 14.1. The topological polar surface area (TPSA) is 134 Å². The molecule has 206 valence electrons. The number of carbonyl (C=O) groups is 4. The Bertz CT molecular complexity index is 1030. The van der Waals surface area contributed by atoms with Gasteiger partial charge in [0.05, 0.1) is 12.6 Å². The van der Waals surface area contributed by atoms with E-state index in [4.69, 9.17) is 5.73 Å². The molecule has 4 amide bonds. The monoisotopic (exact) mass is 523 g/mol. The quantitative estimate of drug-likeness (QED) is 0.244. The number of hydrogen-bond donors (Lipinski definition) is 4. The summed E-state index contributed by atoms with van der Waals surface area (Å²) in [7, 11) is 0. The largest absolute Gasteiger partial charge is 0.352 e. The van der Waals surface area contributed by atoms with Crippen molar-refractivity contribution in [3.05, 3.63) is 48.0 Å². The maximum absolute atomic E-state index is 14.1. The maximum Gasteiger partial charge on any atom is 0.312 e. The van der Waals surface area contributed by atoms with Gasteiger partial charge in [-0.15, -0.1) is 6.58 Å². The van der Waals surface area contributed by atoms with E-state index in [-0.39, 0.29) is 41.9 Å². The van der Waals surface area contributed by atoms with Gasteiger partial charge in [0.25, 0.3) is 0 Å². The van der Waals surface area contributed by atoms with Gasteiger partial charge >= 0.3 is 6.03 Å². The number of carbonyl (C=O) groups excluding carboxylic acids is 4. The molecule has 2 aliphatic carbocycles. The highest BCUT2D eigenvalue weighted by atomic mass is 16.2. The van der Waals surface area contributed by atoms with Crippen molar-refractivity contribution >= 4 is 23.6 Å². The fourth-order valence-corrected chi connectivity index (χ4v) is 6.69. The summed E-state index contributed by atoms with van der Waals surface area (Å²) in [5, 5.41) is 8.72. The minimum atomic E-state index is -0.815. The number of ketones is 1. The van der Waals surface area contributed by atoms with E-state index in [1.807, 2.05) is 31.2 Å². The van der Waals surface area contributed by atoms with Crippen LogP contribution in [-0.4, -0.2) is 66.3 Å². The number of nitrogens with one attached hydrogen (secondary N) is 3. The minimum absolute atomic E-state index is 0.0465. The summed E-state index contributed by atoms with van der Waals surface area (Å²) in [6, 6.07) is 5.20. The van der Waals surface area contributed by atoms with Crippen molar-refractivity contribution in [2.45, 2.75) is 70.0 Å². The molecule has 0 radical (unpaired) electrons. The second kappa shape index (κ2) is 12.6. The number of nitrogens with two attached hydrogens (primary N) is 1. The Labute approximate surface area is 225 Å². The lowest BCUT2D eigenvalue weighted by molar-refractivity contribution is -0.142. The zero-order valence-corrected chi connectivity index (χ0v) is 22.3. The average Bonchev–Trinajstić information content (AvgIpc) is 3.60. The molecular formula is C29H41N5O4. The van der Waals surface area contributed by atoms with Crippen LogP contribution < -0.4 is 21.7 Å². The summed E-state index contributed by atoms with van der Waals surface area (Å²) in [6.45, 7) is 6.75. The van der Waals surface area contributed by atoms with E-state index in [0.29, 0.717) is 32.4 Å². The smallest absolute Gasteiger partial charge is 0.312 e. The third-order valence-electron chi connectivity index (χ3n) is 8.43. The van der Waals surface area contributed by atoms with Crippen molar-refractivity contribution in [1.29, 1.82) is 0 Å². The molecule has 1 aromatic carbocycles. The van der Waals surface area contributed by atoms with Crippen LogP contribution in [0, 0.1) is 17.8 Å². The third kappa shape index (κ3) is 6.09. The first-order chi connectivity index (χ1) is 18.3. The van der Waals surface area contributed by atoms with Gasteiger partial charge in [0.2, 0.25) is 11.8 Å². The molecule has 1 aliphatic heterocycles. The van der Waals surface area contributed by atoms with Crippen molar-refractivity contribution in [3.63, 3.8) is 0 Å². The molecule has 0 bridgehead atoms. The molecule has 2 fully saturated rings. The number of amides is 4. The first kappa shape index (κ1) is 27.8. The highest BCUT2D eigenvalue weighted by Crippen LogP contribution is 2.43. The summed E-state index contributed by atoms with van der Waals surface area (Å²) in [5.41, 5.74) is 7.86. The molecule has 1 saturated heterocycles. The Balaban J connectivity index is 1.53. The van der Waals surface area contributed by atoms with Crippen LogP contribution in [0.25, 0.3) is 0 Å². The van der Waals surface area contributed by atoms with Crippen LogP contribution in [0.4, 0.5) is 4.79 Å². The Hall–Kier alpha value is -3.20. The fourth-order valence-electron chi connectivity index (χ4n) is 6.69. The average molecular weight is 524 g/mol. The normalized spacial score (nSPS) is 23.8. The minimum Gasteiger partial charge on any atom is -0.352 e. The van der Waals surface area contributed by atoms with E-state index < -0.39 is 24.2 Å². The molecule has 1 unspecified atom stereocenters. The number of rotatable bonds is 12. The second-order valence-electron chi connectivity index (χ2n) is 10.9. The summed E-state index contributed by atoms with van der Waals surface area (Å²) in [5.74, 6) is -0.484. The van der Waals surface area contributed by atoms with Crippen LogP contribution in [0.1, 0.15) is 50.2 Å². The van der Waals surface area contributed by atoms with Crippen molar-refractivity contribution in [3.8, 4) is 0 Å². The van der Waals surface area contributed by atoms with E-state index in [1.54, 1.807) is 11.0 Å². The summed E-state index contributed by atoms with van der Waals surface area (Å²) < 4.78 is 0. The van der Waals surface area contributed by atoms with E-state index >= 15 is 0 Å². The van der Waals surface area contributed by atoms with Crippen molar-refractivity contribution in [1.82, 2.24) is 20.9 Å². The van der Waals surface area contributed by atoms with Crippen LogP contribution >= 0.6 is 0 Å². The lowest BCUT2D eigenvalue weighted by Crippen LogP contribution is -2.59. The van der Waals surface area contributed by atoms with Crippen LogP contribution in [0.2, 0.25) is 0 Å². The van der Waals surface area contributed by atoms with Gasteiger partial charge in [-0.1, -0.05) is 50.1 Å². The zero-order valence-electron chi connectivity index (χ0n) is 22.3. The van der Waals surface area contributed by atoms with Gasteiger partial charge in [-0.3, -0.25) is 14.4 Å².